The van der Waals surface area contributed by atoms with Crippen LogP contribution in [-0.4, -0.2) is 13.3 Å². The van der Waals surface area contributed by atoms with Gasteiger partial charge in [0, 0.05) is 44.8 Å². The molecule has 0 bridgehead atoms. The lowest BCUT2D eigenvalue weighted by atomic mass is 9.99. The predicted molar refractivity (Wildman–Crippen MR) is 393 cm³/mol. The molecule has 2 aliphatic heterocycles. The van der Waals surface area contributed by atoms with Crippen molar-refractivity contribution in [1.82, 2.24) is 13.3 Å². The molecule has 0 atom stereocenters. The van der Waals surface area contributed by atoms with Gasteiger partial charge in [0.15, 0.2) is 23.0 Å². The number of hydrogen-bond acceptors (Lipinski definition) is 8. The number of rotatable bonds is 11. The lowest BCUT2D eigenvalue weighted by Crippen LogP contribution is -2.15. The highest BCUT2D eigenvalue weighted by molar-refractivity contribution is 7.00. The van der Waals surface area contributed by atoms with Gasteiger partial charge >= 0.3 is 12.4 Å². The molecule has 16 aromatic rings. The summed E-state index contributed by atoms with van der Waals surface area (Å²) >= 11 is 1.14. The number of anilines is 9. The number of aromatic nitrogens is 3. The van der Waals surface area contributed by atoms with Crippen LogP contribution < -0.4 is 24.2 Å². The molecule has 4 heterocycles. The minimum Gasteiger partial charge on any atom is -0.453 e. The van der Waals surface area contributed by atoms with E-state index in [4.69, 9.17) is 18.2 Å². The topological polar surface area (TPSA) is 58.9 Å². The quantitative estimate of drug-likeness (QED) is 0.120. The highest BCUT2D eigenvalue weighted by atomic mass is 32.1. The molecule has 14 aromatic carbocycles. The van der Waals surface area contributed by atoms with E-state index in [2.05, 4.69) is 165 Å². The highest BCUT2D eigenvalue weighted by Crippen LogP contribution is 2.54. The van der Waals surface area contributed by atoms with Crippen LogP contribution in [0.15, 0.2) is 315 Å². The standard InChI is InChI=1S/C86H52F6N6O2S/c87-85(88,89)62-33-19-53(20-34-62)58-29-44-72-70(49-58)71-50-59(54-21-35-63(36-22-54)86(90,91)92)30-45-73(71)96(72)68-41-27-57(28-42-68)69-43-48-78(84-83(69)93-101-94-84)95(66-37-23-55(24-38-66)60-31-46-76-81(51-60)99-79-17-9-7-15-74(79)97(76)64-11-3-1-4-12-64)67-39-25-56(26-40-67)61-32-47-77-82(52-61)100-80-18-10-8-16-75(80)98(77)65-13-5-2-6-14-65/h1-52H. The number of hydrogen-bond donors (Lipinski definition) is 0. The molecule has 0 radical (unpaired) electrons. The molecule has 101 heavy (non-hydrogen) atoms. The SMILES string of the molecule is FC(F)(F)c1ccc(-c2ccc3c(c2)c2cc(-c4ccc(C(F)(F)F)cc4)ccc2n3-c2ccc(-c3ccc(N(c4ccc(-c5ccc6c(c5)Oc5ccccc5N6c5ccccc5)cc4)c4ccc(-c5ccc6c(c5)Oc5ccccc5N6c5ccccc5)cc4)c4nsnc34)cc2)cc1. The molecule has 0 N–H and O–H groups in total. The van der Waals surface area contributed by atoms with Crippen molar-refractivity contribution in [3.05, 3.63) is 327 Å². The Labute approximate surface area is 579 Å². The molecule has 2 aliphatic rings. The van der Waals surface area contributed by atoms with E-state index in [0.717, 1.165) is 171 Å². The molecular weight excluding hydrogens is 1300 g/mol. The number of nitrogens with zero attached hydrogens (tertiary/aromatic N) is 6. The molecule has 0 saturated heterocycles. The van der Waals surface area contributed by atoms with Gasteiger partial charge in [0.2, 0.25) is 0 Å². The number of fused-ring (bicyclic) bond motifs is 8. The van der Waals surface area contributed by atoms with Crippen LogP contribution in [0.25, 0.3) is 94.2 Å². The number of ether oxygens (including phenoxy) is 2. The Morgan fingerprint density at radius 2 is 0.683 bits per heavy atom. The van der Waals surface area contributed by atoms with Gasteiger partial charge in [-0.15, -0.1) is 0 Å². The van der Waals surface area contributed by atoms with Crippen molar-refractivity contribution in [2.75, 3.05) is 14.7 Å². The van der Waals surface area contributed by atoms with Crippen LogP contribution in [0.4, 0.5) is 77.5 Å². The van der Waals surface area contributed by atoms with Gasteiger partial charge in [-0.1, -0.05) is 146 Å². The van der Waals surface area contributed by atoms with E-state index in [1.807, 2.05) is 121 Å². The molecule has 0 unspecified atom stereocenters. The van der Waals surface area contributed by atoms with Gasteiger partial charge < -0.3 is 28.7 Å². The molecule has 0 amide bonds. The highest BCUT2D eigenvalue weighted by Gasteiger charge is 2.33. The lowest BCUT2D eigenvalue weighted by molar-refractivity contribution is -0.138. The molecular formula is C86H52F6N6O2S. The fourth-order valence-corrected chi connectivity index (χ4v) is 14.6. The van der Waals surface area contributed by atoms with Gasteiger partial charge in [-0.05, 0) is 220 Å². The summed E-state index contributed by atoms with van der Waals surface area (Å²) < 4.78 is 108. The molecule has 8 nitrogen and oxygen atoms in total. The van der Waals surface area contributed by atoms with E-state index in [1.165, 1.54) is 24.3 Å². The minimum absolute atomic E-state index is 0.595. The summed E-state index contributed by atoms with van der Waals surface area (Å²) in [5.41, 5.74) is 19.1. The summed E-state index contributed by atoms with van der Waals surface area (Å²) in [7, 11) is 0. The lowest BCUT2D eigenvalue weighted by Gasteiger charge is -2.33. The van der Waals surface area contributed by atoms with Crippen LogP contribution in [0.1, 0.15) is 11.1 Å². The Hall–Kier alpha value is -12.7. The van der Waals surface area contributed by atoms with Gasteiger partial charge in [-0.2, -0.15) is 35.1 Å². The Kier molecular flexibility index (Phi) is 14.5. The first-order valence-electron chi connectivity index (χ1n) is 32.6. The number of alkyl halides is 6. The van der Waals surface area contributed by atoms with Gasteiger partial charge in [-0.25, -0.2) is 0 Å². The second-order valence-electron chi connectivity index (χ2n) is 24.9. The Balaban J connectivity index is 0.710. The zero-order valence-electron chi connectivity index (χ0n) is 53.2. The summed E-state index contributed by atoms with van der Waals surface area (Å²) in [6.45, 7) is 0. The van der Waals surface area contributed by atoms with Crippen molar-refractivity contribution in [3.63, 3.8) is 0 Å². The second-order valence-corrected chi connectivity index (χ2v) is 25.4. The molecule has 0 aliphatic carbocycles. The molecule has 0 spiro atoms. The first-order chi connectivity index (χ1) is 49.3. The van der Waals surface area contributed by atoms with E-state index >= 15 is 0 Å². The summed E-state index contributed by atoms with van der Waals surface area (Å²) in [5.74, 6) is 3.02. The van der Waals surface area contributed by atoms with Crippen molar-refractivity contribution < 1.29 is 35.8 Å². The van der Waals surface area contributed by atoms with Crippen molar-refractivity contribution in [2.45, 2.75) is 12.4 Å². The Morgan fingerprint density at radius 3 is 1.14 bits per heavy atom. The summed E-state index contributed by atoms with van der Waals surface area (Å²) in [6, 6.07) is 101. The fraction of sp³-hybridized carbons (Fsp3) is 0.0233. The van der Waals surface area contributed by atoms with Crippen LogP contribution in [0.3, 0.4) is 0 Å². The maximum absolute atomic E-state index is 13.7. The van der Waals surface area contributed by atoms with Gasteiger partial charge in [0.25, 0.3) is 0 Å². The average Bonchev–Trinajstić information content (AvgIpc) is 1.68. The largest absolute Gasteiger partial charge is 0.453 e. The van der Waals surface area contributed by atoms with Crippen molar-refractivity contribution in [1.29, 1.82) is 0 Å². The van der Waals surface area contributed by atoms with Crippen LogP contribution >= 0.6 is 11.7 Å². The monoisotopic (exact) mass is 1350 g/mol. The van der Waals surface area contributed by atoms with Crippen molar-refractivity contribution in [3.8, 4) is 84.3 Å². The summed E-state index contributed by atoms with van der Waals surface area (Å²) in [6.07, 6.45) is -8.99. The summed E-state index contributed by atoms with van der Waals surface area (Å²) in [5, 5.41) is 1.61. The number of benzene rings is 14. The van der Waals surface area contributed by atoms with Crippen molar-refractivity contribution >= 4 is 95.8 Å². The molecule has 15 heteroatoms. The molecule has 0 saturated carbocycles. The molecule has 2 aromatic heterocycles. The van der Waals surface area contributed by atoms with Gasteiger partial charge in [0.1, 0.15) is 11.0 Å². The second kappa shape index (κ2) is 24.1. The first-order valence-corrected chi connectivity index (χ1v) is 33.4. The Morgan fingerprint density at radius 1 is 0.307 bits per heavy atom. The third-order valence-electron chi connectivity index (χ3n) is 18.9. The van der Waals surface area contributed by atoms with E-state index in [1.54, 1.807) is 0 Å². The minimum atomic E-state index is -4.49. The normalized spacial score (nSPS) is 12.6. The van der Waals surface area contributed by atoms with E-state index in [9.17, 15) is 26.3 Å². The Bertz CT molecular complexity index is 5570. The third kappa shape index (κ3) is 10.8. The van der Waals surface area contributed by atoms with Gasteiger partial charge in [-0.3, -0.25) is 0 Å². The molecule has 486 valence electrons. The summed E-state index contributed by atoms with van der Waals surface area (Å²) in [4.78, 5) is 6.68. The van der Waals surface area contributed by atoms with Crippen molar-refractivity contribution in [2.24, 2.45) is 0 Å². The van der Waals surface area contributed by atoms with Crippen LogP contribution in [-0.2, 0) is 12.4 Å². The maximum atomic E-state index is 13.7. The van der Waals surface area contributed by atoms with Crippen LogP contribution in [0.5, 0.6) is 23.0 Å². The maximum Gasteiger partial charge on any atom is 0.416 e. The van der Waals surface area contributed by atoms with Crippen LogP contribution in [0, 0.1) is 0 Å². The van der Waals surface area contributed by atoms with Crippen LogP contribution in [0.2, 0.25) is 0 Å². The predicted octanol–water partition coefficient (Wildman–Crippen LogP) is 25.8. The first kappa shape index (κ1) is 60.7. The molecule has 18 rings (SSSR count). The third-order valence-corrected chi connectivity index (χ3v) is 19.5. The smallest absolute Gasteiger partial charge is 0.416 e. The number of para-hydroxylation sites is 6. The fourth-order valence-electron chi connectivity index (χ4n) is 14.0. The van der Waals surface area contributed by atoms with E-state index < -0.39 is 23.5 Å². The average molecular weight is 1350 g/mol. The van der Waals surface area contributed by atoms with E-state index in [-0.39, 0.29) is 0 Å². The zero-order chi connectivity index (χ0) is 68.1. The van der Waals surface area contributed by atoms with Gasteiger partial charge in [0.05, 0.1) is 62.3 Å². The van der Waals surface area contributed by atoms with E-state index in [0.29, 0.717) is 33.3 Å². The zero-order valence-corrected chi connectivity index (χ0v) is 54.0. The molecule has 0 fully saturated rings. The number of halogens is 6.